The predicted molar refractivity (Wildman–Crippen MR) is 177 cm³/mol. The second kappa shape index (κ2) is 13.1. The van der Waals surface area contributed by atoms with E-state index in [2.05, 4.69) is 21.2 Å². The Morgan fingerprint density at radius 2 is 1.82 bits per heavy atom. The molecule has 0 unspecified atom stereocenters. The number of rotatable bonds is 8. The van der Waals surface area contributed by atoms with Crippen LogP contribution in [0, 0.1) is 5.82 Å². The number of hydrogen-bond acceptors (Lipinski definition) is 6. The van der Waals surface area contributed by atoms with Crippen LogP contribution in [0.2, 0.25) is 0 Å². The number of ether oxygens (including phenoxy) is 2. The van der Waals surface area contributed by atoms with Crippen LogP contribution in [-0.4, -0.2) is 17.6 Å². The second-order valence-electron chi connectivity index (χ2n) is 10.2. The number of nitrogens with one attached hydrogen (secondary N) is 1. The van der Waals surface area contributed by atoms with Crippen LogP contribution in [0.4, 0.5) is 10.1 Å². The number of fused-ring (bicyclic) bond motifs is 1. The minimum atomic E-state index is -0.733. The minimum Gasteiger partial charge on any atom is -0.497 e. The van der Waals surface area contributed by atoms with Crippen LogP contribution >= 0.6 is 27.3 Å². The summed E-state index contributed by atoms with van der Waals surface area (Å²) in [6.07, 6.45) is 1.78. The van der Waals surface area contributed by atoms with Crippen molar-refractivity contribution in [3.8, 4) is 11.5 Å². The number of carbonyl (C=O) groups is 1. The number of nitrogens with zero attached hydrogens (tertiary/aromatic N) is 2. The lowest BCUT2D eigenvalue weighted by molar-refractivity contribution is -0.113. The molecular weight excluding hydrogens is 657 g/mol. The number of hydrogen-bond donors (Lipinski definition) is 1. The molecule has 0 spiro atoms. The smallest absolute Gasteiger partial charge is 0.271 e. The third kappa shape index (κ3) is 6.38. The highest BCUT2D eigenvalue weighted by Crippen LogP contribution is 2.32. The molecule has 2 heterocycles. The number of anilines is 1. The largest absolute Gasteiger partial charge is 0.497 e. The Kier molecular flexibility index (Phi) is 8.77. The van der Waals surface area contributed by atoms with E-state index in [1.165, 1.54) is 17.4 Å². The van der Waals surface area contributed by atoms with Gasteiger partial charge in [0.25, 0.3) is 11.5 Å². The quantitative estimate of drug-likeness (QED) is 0.206. The predicted octanol–water partition coefficient (Wildman–Crippen LogP) is 6.36. The number of halogens is 2. The average Bonchev–Trinajstić information content (AvgIpc) is 3.34. The first-order valence-corrected chi connectivity index (χ1v) is 15.6. The van der Waals surface area contributed by atoms with Crippen molar-refractivity contribution in [1.82, 2.24) is 4.57 Å². The number of benzene rings is 4. The van der Waals surface area contributed by atoms with E-state index in [1.807, 2.05) is 54.6 Å². The number of thiazole rings is 1. The maximum absolute atomic E-state index is 14.1. The average molecular weight is 685 g/mol. The normalized spacial score (nSPS) is 14.5. The second-order valence-corrected chi connectivity index (χ2v) is 12.1. The van der Waals surface area contributed by atoms with Gasteiger partial charge in [-0.3, -0.25) is 14.2 Å². The maximum Gasteiger partial charge on any atom is 0.271 e. The van der Waals surface area contributed by atoms with Crippen molar-refractivity contribution in [2.24, 2.45) is 4.99 Å². The molecule has 6 rings (SSSR count). The highest BCUT2D eigenvalue weighted by molar-refractivity contribution is 9.10. The van der Waals surface area contributed by atoms with E-state index in [4.69, 9.17) is 14.5 Å². The molecule has 1 aliphatic heterocycles. The Morgan fingerprint density at radius 3 is 2.58 bits per heavy atom. The molecule has 4 aromatic carbocycles. The van der Waals surface area contributed by atoms with Gasteiger partial charge in [-0.05, 0) is 82.5 Å². The summed E-state index contributed by atoms with van der Waals surface area (Å²) in [4.78, 5) is 33.0. The van der Waals surface area contributed by atoms with Crippen LogP contribution in [0.1, 0.15) is 29.7 Å². The van der Waals surface area contributed by atoms with Gasteiger partial charge in [0.15, 0.2) is 4.80 Å². The van der Waals surface area contributed by atoms with Crippen LogP contribution < -0.4 is 29.7 Å². The van der Waals surface area contributed by atoms with Gasteiger partial charge in [-0.2, -0.15) is 0 Å². The molecule has 1 aromatic heterocycles. The van der Waals surface area contributed by atoms with Gasteiger partial charge in [-0.25, -0.2) is 9.38 Å². The Balaban J connectivity index is 1.38. The Labute approximate surface area is 270 Å². The van der Waals surface area contributed by atoms with Gasteiger partial charge < -0.3 is 14.8 Å². The van der Waals surface area contributed by atoms with Crippen molar-refractivity contribution < 1.29 is 18.7 Å². The van der Waals surface area contributed by atoms with Gasteiger partial charge >= 0.3 is 0 Å². The summed E-state index contributed by atoms with van der Waals surface area (Å²) in [5, 5.41) is 2.96. The molecule has 0 fully saturated rings. The molecule has 0 aliphatic carbocycles. The fraction of sp³-hybridized carbons (Fsp3) is 0.114. The van der Waals surface area contributed by atoms with E-state index in [1.54, 1.807) is 61.1 Å². The van der Waals surface area contributed by atoms with Crippen LogP contribution in [0.5, 0.6) is 11.5 Å². The number of allylic oxidation sites excluding steroid dienone is 1. The summed E-state index contributed by atoms with van der Waals surface area (Å²) in [6.45, 7) is 1.86. The van der Waals surface area contributed by atoms with Crippen molar-refractivity contribution in [3.05, 3.63) is 155 Å². The molecule has 0 saturated heterocycles. The van der Waals surface area contributed by atoms with Crippen molar-refractivity contribution in [3.63, 3.8) is 0 Å². The molecule has 45 heavy (non-hydrogen) atoms. The third-order valence-electron chi connectivity index (χ3n) is 7.30. The standard InChI is InChI=1S/C35H27BrFN3O4S/c1-21-31(33(41)39-25-11-4-3-5-12-25)32(23-10-8-13-26(19-23)43-2)40-34(42)30(45-35(40)38-21)18-22-15-16-29(27(36)17-22)44-20-24-9-6-7-14-28(24)37/h3-19,32H,20H2,1-2H3,(H,39,41)/b30-18-/t32-/m0/s1. The summed E-state index contributed by atoms with van der Waals surface area (Å²) in [5.41, 5.74) is 3.16. The highest BCUT2D eigenvalue weighted by atomic mass is 79.9. The highest BCUT2D eigenvalue weighted by Gasteiger charge is 2.32. The summed E-state index contributed by atoms with van der Waals surface area (Å²) in [5.74, 6) is 0.470. The maximum atomic E-state index is 14.1. The summed E-state index contributed by atoms with van der Waals surface area (Å²) in [6, 6.07) is 27.6. The van der Waals surface area contributed by atoms with Crippen molar-refractivity contribution in [2.75, 3.05) is 12.4 Å². The topological polar surface area (TPSA) is 81.9 Å². The lowest BCUT2D eigenvalue weighted by Crippen LogP contribution is -2.40. The Hall–Kier alpha value is -4.80. The molecular formula is C35H27BrFN3O4S. The molecule has 1 atom stereocenters. The van der Waals surface area contributed by atoms with Gasteiger partial charge in [0.1, 0.15) is 23.9 Å². The summed E-state index contributed by atoms with van der Waals surface area (Å²) >= 11 is 4.79. The number of aromatic nitrogens is 1. The van der Waals surface area contributed by atoms with Gasteiger partial charge in [-0.15, -0.1) is 0 Å². The Morgan fingerprint density at radius 1 is 1.04 bits per heavy atom. The fourth-order valence-electron chi connectivity index (χ4n) is 5.10. The van der Waals surface area contributed by atoms with Crippen molar-refractivity contribution in [2.45, 2.75) is 19.6 Å². The first-order valence-electron chi connectivity index (χ1n) is 14.0. The molecule has 10 heteroatoms. The first-order chi connectivity index (χ1) is 21.8. The molecule has 5 aromatic rings. The number of carbonyl (C=O) groups excluding carboxylic acids is 1. The molecule has 0 radical (unpaired) electrons. The van der Waals surface area contributed by atoms with Crippen molar-refractivity contribution in [1.29, 1.82) is 0 Å². The van der Waals surface area contributed by atoms with Crippen LogP contribution in [0.3, 0.4) is 0 Å². The number of amides is 1. The summed E-state index contributed by atoms with van der Waals surface area (Å²) < 4.78 is 28.0. The molecule has 1 N–H and O–H groups in total. The summed E-state index contributed by atoms with van der Waals surface area (Å²) in [7, 11) is 1.57. The molecule has 1 aliphatic rings. The van der Waals surface area contributed by atoms with E-state index in [0.29, 0.717) is 53.4 Å². The van der Waals surface area contributed by atoms with Gasteiger partial charge in [0.05, 0.1) is 33.4 Å². The van der Waals surface area contributed by atoms with E-state index in [-0.39, 0.29) is 23.9 Å². The van der Waals surface area contributed by atoms with E-state index in [9.17, 15) is 14.0 Å². The molecule has 0 saturated carbocycles. The molecule has 0 bridgehead atoms. The first kappa shape index (κ1) is 30.2. The zero-order valence-electron chi connectivity index (χ0n) is 24.3. The van der Waals surface area contributed by atoms with Crippen LogP contribution in [0.15, 0.2) is 123 Å². The van der Waals surface area contributed by atoms with E-state index in [0.717, 1.165) is 5.56 Å². The monoisotopic (exact) mass is 683 g/mol. The van der Waals surface area contributed by atoms with E-state index >= 15 is 0 Å². The fourth-order valence-corrected chi connectivity index (χ4v) is 6.66. The molecule has 226 valence electrons. The lowest BCUT2D eigenvalue weighted by atomic mass is 9.95. The van der Waals surface area contributed by atoms with Crippen molar-refractivity contribution >= 4 is 44.9 Å². The Bertz CT molecular complexity index is 2120. The minimum absolute atomic E-state index is 0.0764. The van der Waals surface area contributed by atoms with Gasteiger partial charge in [0, 0.05) is 11.3 Å². The zero-order chi connectivity index (χ0) is 31.5. The van der Waals surface area contributed by atoms with Crippen LogP contribution in [-0.2, 0) is 11.4 Å². The third-order valence-corrected chi connectivity index (χ3v) is 8.90. The number of methoxy groups -OCH3 is 1. The molecule has 7 nitrogen and oxygen atoms in total. The van der Waals surface area contributed by atoms with Crippen LogP contribution in [0.25, 0.3) is 6.08 Å². The lowest BCUT2D eigenvalue weighted by Gasteiger charge is -2.25. The van der Waals surface area contributed by atoms with Gasteiger partial charge in [0.2, 0.25) is 0 Å². The SMILES string of the molecule is COc1cccc([C@H]2C(C(=O)Nc3ccccc3)=C(C)N=c3s/c(=C\c4ccc(OCc5ccccc5F)c(Br)c4)c(=O)n32)c1. The molecule has 1 amide bonds. The van der Waals surface area contributed by atoms with E-state index < -0.39 is 6.04 Å². The van der Waals surface area contributed by atoms with Gasteiger partial charge in [-0.1, -0.05) is 65.9 Å². The zero-order valence-corrected chi connectivity index (χ0v) is 26.7. The number of para-hydroxylation sites is 1.